The number of rotatable bonds is 6. The zero-order valence-corrected chi connectivity index (χ0v) is 24.9. The van der Waals surface area contributed by atoms with Gasteiger partial charge in [0.2, 0.25) is 0 Å². The first kappa shape index (κ1) is 28.0. The summed E-state index contributed by atoms with van der Waals surface area (Å²) in [5, 5.41) is 0.946. The quantitative estimate of drug-likeness (QED) is 0.275. The van der Waals surface area contributed by atoms with E-state index in [9.17, 15) is 9.59 Å². The number of hydrogen-bond donors (Lipinski definition) is 0. The average Bonchev–Trinajstić information content (AvgIpc) is 3.38. The molecule has 0 unspecified atom stereocenters. The van der Waals surface area contributed by atoms with Crippen LogP contribution in [0.15, 0.2) is 69.6 Å². The fraction of sp³-hybridized carbons (Fsp3) is 0.233. The van der Waals surface area contributed by atoms with E-state index in [2.05, 4.69) is 9.56 Å². The highest BCUT2D eigenvalue weighted by molar-refractivity contribution is 7.07. The van der Waals surface area contributed by atoms with Crippen LogP contribution in [-0.4, -0.2) is 28.8 Å². The van der Waals surface area contributed by atoms with Crippen molar-refractivity contribution in [2.45, 2.75) is 33.7 Å². The second-order valence-corrected chi connectivity index (χ2v) is 11.1. The van der Waals surface area contributed by atoms with Crippen LogP contribution in [0.2, 0.25) is 10.0 Å². The maximum Gasteiger partial charge on any atom is 0.338 e. The van der Waals surface area contributed by atoms with Gasteiger partial charge in [-0.3, -0.25) is 9.36 Å². The van der Waals surface area contributed by atoms with Gasteiger partial charge in [-0.15, -0.1) is 0 Å². The summed E-state index contributed by atoms with van der Waals surface area (Å²) >= 11 is 13.7. The van der Waals surface area contributed by atoms with Crippen LogP contribution in [0, 0.1) is 13.8 Å². The number of allylic oxidation sites excluding steroid dienone is 1. The van der Waals surface area contributed by atoms with Gasteiger partial charge in [-0.1, -0.05) is 52.7 Å². The van der Waals surface area contributed by atoms with Crippen LogP contribution in [-0.2, 0) is 9.53 Å². The summed E-state index contributed by atoms with van der Waals surface area (Å²) in [5.41, 5.74) is 4.89. The van der Waals surface area contributed by atoms with E-state index in [1.54, 1.807) is 37.7 Å². The number of methoxy groups -OCH3 is 1. The molecular formula is C30H27Cl2N3O4S. The summed E-state index contributed by atoms with van der Waals surface area (Å²) in [7, 11) is 1.56. The molecule has 4 aromatic rings. The molecule has 0 amide bonds. The van der Waals surface area contributed by atoms with Gasteiger partial charge in [0, 0.05) is 22.6 Å². The molecule has 0 fully saturated rings. The van der Waals surface area contributed by atoms with Crippen molar-refractivity contribution >= 4 is 46.6 Å². The summed E-state index contributed by atoms with van der Waals surface area (Å²) in [6.45, 7) is 7.68. The molecule has 0 radical (unpaired) electrons. The lowest BCUT2D eigenvalue weighted by Gasteiger charge is -2.25. The van der Waals surface area contributed by atoms with E-state index in [0.717, 1.165) is 22.6 Å². The maximum absolute atomic E-state index is 14.0. The number of carbonyl (C=O) groups is 1. The van der Waals surface area contributed by atoms with Crippen LogP contribution in [0.25, 0.3) is 11.8 Å². The van der Waals surface area contributed by atoms with Gasteiger partial charge in [-0.25, -0.2) is 9.79 Å². The first-order valence-electron chi connectivity index (χ1n) is 12.6. The number of para-hydroxylation sites is 1. The van der Waals surface area contributed by atoms with Gasteiger partial charge in [0.05, 0.1) is 39.6 Å². The summed E-state index contributed by atoms with van der Waals surface area (Å²) in [6.07, 6.45) is 1.86. The van der Waals surface area contributed by atoms with Crippen molar-refractivity contribution < 1.29 is 14.3 Å². The van der Waals surface area contributed by atoms with E-state index in [-0.39, 0.29) is 12.2 Å². The Hall–Kier alpha value is -3.59. The van der Waals surface area contributed by atoms with Crippen molar-refractivity contribution in [3.05, 3.63) is 112 Å². The zero-order chi connectivity index (χ0) is 28.7. The third-order valence-electron chi connectivity index (χ3n) is 6.87. The van der Waals surface area contributed by atoms with Crippen molar-refractivity contribution in [3.8, 4) is 11.4 Å². The molecule has 10 heteroatoms. The number of aromatic nitrogens is 2. The van der Waals surface area contributed by atoms with Crippen LogP contribution in [0.5, 0.6) is 5.75 Å². The van der Waals surface area contributed by atoms with E-state index >= 15 is 0 Å². The summed E-state index contributed by atoms with van der Waals surface area (Å²) in [5.74, 6) is 0.0443. The number of thiazole rings is 1. The molecule has 1 aliphatic rings. The molecule has 3 heterocycles. The first-order valence-corrected chi connectivity index (χ1v) is 14.2. The fourth-order valence-corrected chi connectivity index (χ4v) is 6.40. The number of fused-ring (bicyclic) bond motifs is 1. The lowest BCUT2D eigenvalue weighted by atomic mass is 9.95. The Morgan fingerprint density at radius 3 is 2.55 bits per heavy atom. The number of hydrogen-bond acceptors (Lipinski definition) is 6. The normalized spacial score (nSPS) is 15.2. The van der Waals surface area contributed by atoms with Crippen LogP contribution in [0.1, 0.15) is 42.4 Å². The van der Waals surface area contributed by atoms with Crippen LogP contribution < -0.4 is 19.6 Å². The van der Waals surface area contributed by atoms with E-state index in [1.165, 1.54) is 11.3 Å². The highest BCUT2D eigenvalue weighted by atomic mass is 35.5. The molecule has 0 bridgehead atoms. The number of benzene rings is 2. The van der Waals surface area contributed by atoms with E-state index < -0.39 is 12.0 Å². The molecule has 5 rings (SSSR count). The van der Waals surface area contributed by atoms with Gasteiger partial charge in [-0.05, 0) is 69.7 Å². The Kier molecular flexibility index (Phi) is 7.77. The van der Waals surface area contributed by atoms with Crippen molar-refractivity contribution in [3.63, 3.8) is 0 Å². The monoisotopic (exact) mass is 595 g/mol. The summed E-state index contributed by atoms with van der Waals surface area (Å²) in [6, 6.07) is 14.1. The highest BCUT2D eigenvalue weighted by Gasteiger charge is 2.35. The molecule has 40 heavy (non-hydrogen) atoms. The number of halogens is 2. The van der Waals surface area contributed by atoms with Gasteiger partial charge in [-0.2, -0.15) is 0 Å². The Morgan fingerprint density at radius 1 is 1.10 bits per heavy atom. The van der Waals surface area contributed by atoms with Gasteiger partial charge >= 0.3 is 5.97 Å². The van der Waals surface area contributed by atoms with E-state index in [1.807, 2.05) is 56.3 Å². The van der Waals surface area contributed by atoms with Gasteiger partial charge in [0.15, 0.2) is 4.80 Å². The molecule has 1 aliphatic heterocycles. The minimum absolute atomic E-state index is 0.202. The number of nitrogens with zero attached hydrogens (tertiary/aromatic N) is 3. The molecule has 1 atom stereocenters. The Bertz CT molecular complexity index is 1870. The molecule has 0 aliphatic carbocycles. The van der Waals surface area contributed by atoms with E-state index in [0.29, 0.717) is 42.0 Å². The fourth-order valence-electron chi connectivity index (χ4n) is 5.07. The van der Waals surface area contributed by atoms with Gasteiger partial charge < -0.3 is 14.0 Å². The lowest BCUT2D eigenvalue weighted by Crippen LogP contribution is -2.40. The largest absolute Gasteiger partial charge is 0.496 e. The smallest absolute Gasteiger partial charge is 0.338 e. The van der Waals surface area contributed by atoms with Crippen molar-refractivity contribution in [1.82, 2.24) is 9.13 Å². The molecule has 0 spiro atoms. The van der Waals surface area contributed by atoms with Gasteiger partial charge in [0.1, 0.15) is 11.8 Å². The van der Waals surface area contributed by atoms with Crippen molar-refractivity contribution in [2.24, 2.45) is 4.99 Å². The van der Waals surface area contributed by atoms with Crippen molar-refractivity contribution in [2.75, 3.05) is 13.7 Å². The van der Waals surface area contributed by atoms with E-state index in [4.69, 9.17) is 32.7 Å². The number of esters is 1. The van der Waals surface area contributed by atoms with Crippen LogP contribution >= 0.6 is 34.5 Å². The van der Waals surface area contributed by atoms with Gasteiger partial charge in [0.25, 0.3) is 5.56 Å². The summed E-state index contributed by atoms with van der Waals surface area (Å²) in [4.78, 5) is 32.3. The number of aryl methyl sites for hydroxylation is 1. The SMILES string of the molecule is CCOC(=O)C1=C(C)N=c2s/c(=C/c3cc(C)n(-c4ccc(Cl)c(Cl)c4)c3C)c(=O)n2[C@@H]1c1ccccc1OC. The molecule has 0 N–H and O–H groups in total. The highest BCUT2D eigenvalue weighted by Crippen LogP contribution is 2.35. The zero-order valence-electron chi connectivity index (χ0n) is 22.6. The Morgan fingerprint density at radius 2 is 1.85 bits per heavy atom. The standard InChI is InChI=1S/C30H27Cl2N3O4S/c1-6-39-29(37)26-17(3)33-30-35(27(26)21-9-7-8-10-24(21)38-5)28(36)25(40-30)14-19-13-16(2)34(18(19)4)20-11-12-22(31)23(32)15-20/h7-15,27H,6H2,1-5H3/b25-14+/t27-/m1/s1. The van der Waals surface area contributed by atoms with Crippen LogP contribution in [0.4, 0.5) is 0 Å². The first-order chi connectivity index (χ1) is 19.2. The lowest BCUT2D eigenvalue weighted by molar-refractivity contribution is -0.139. The second kappa shape index (κ2) is 11.1. The molecule has 206 valence electrons. The average molecular weight is 597 g/mol. The molecule has 7 nitrogen and oxygen atoms in total. The van der Waals surface area contributed by atoms with Crippen LogP contribution in [0.3, 0.4) is 0 Å². The second-order valence-electron chi connectivity index (χ2n) is 9.30. The summed E-state index contributed by atoms with van der Waals surface area (Å²) < 4.78 is 15.1. The maximum atomic E-state index is 14.0. The number of carbonyl (C=O) groups excluding carboxylic acids is 1. The molecular weight excluding hydrogens is 569 g/mol. The predicted octanol–water partition coefficient (Wildman–Crippen LogP) is 5.52. The minimum atomic E-state index is -0.753. The third kappa shape index (κ3) is 4.80. The Balaban J connectivity index is 1.71. The number of ether oxygens (including phenoxy) is 2. The minimum Gasteiger partial charge on any atom is -0.496 e. The topological polar surface area (TPSA) is 74.8 Å². The molecule has 2 aromatic heterocycles. The van der Waals surface area contributed by atoms with Crippen molar-refractivity contribution in [1.29, 1.82) is 0 Å². The Labute approximate surface area is 245 Å². The predicted molar refractivity (Wildman–Crippen MR) is 159 cm³/mol. The molecule has 0 saturated carbocycles. The molecule has 2 aromatic carbocycles. The molecule has 0 saturated heterocycles. The third-order valence-corrected chi connectivity index (χ3v) is 8.59.